The van der Waals surface area contributed by atoms with Crippen molar-refractivity contribution >= 4 is 32.7 Å². The number of benzene rings is 3. The van der Waals surface area contributed by atoms with Gasteiger partial charge in [0.2, 0.25) is 0 Å². The normalized spacial score (nSPS) is 11.5. The smallest absolute Gasteiger partial charge is 0.0809 e. The average Bonchev–Trinajstić information content (AvgIpc) is 3.01. The van der Waals surface area contributed by atoms with E-state index in [2.05, 4.69) is 65.6 Å². The Hall–Kier alpha value is -3.13. The summed E-state index contributed by atoms with van der Waals surface area (Å²) in [7, 11) is 0. The van der Waals surface area contributed by atoms with Crippen LogP contribution in [-0.4, -0.2) is 9.97 Å². The number of H-pyrrole nitrogens is 1. The van der Waals surface area contributed by atoms with Gasteiger partial charge in [0.25, 0.3) is 0 Å². The molecule has 0 saturated heterocycles. The van der Waals surface area contributed by atoms with E-state index in [1.54, 1.807) is 0 Å². The Kier molecular flexibility index (Phi) is 2.53. The van der Waals surface area contributed by atoms with Gasteiger partial charge in [0.05, 0.1) is 11.2 Å². The maximum Gasteiger partial charge on any atom is 0.0809 e. The van der Waals surface area contributed by atoms with Gasteiger partial charge < -0.3 is 4.98 Å². The number of fused-ring (bicyclic) bond motifs is 5. The molecule has 0 atom stereocenters. The number of para-hydroxylation sites is 1. The van der Waals surface area contributed by atoms with E-state index in [4.69, 9.17) is 4.98 Å². The quantitative estimate of drug-likeness (QED) is 0.432. The molecular weight excluding hydrogens is 280 g/mol. The van der Waals surface area contributed by atoms with Crippen molar-refractivity contribution in [3.8, 4) is 11.3 Å². The highest BCUT2D eigenvalue weighted by Crippen LogP contribution is 2.32. The zero-order valence-electron chi connectivity index (χ0n) is 12.5. The van der Waals surface area contributed by atoms with Crippen LogP contribution < -0.4 is 0 Å². The second-order valence-electron chi connectivity index (χ2n) is 5.79. The van der Waals surface area contributed by atoms with E-state index >= 15 is 0 Å². The summed E-state index contributed by atoms with van der Waals surface area (Å²) in [5, 5.41) is 3.60. The third kappa shape index (κ3) is 1.85. The molecule has 0 aliphatic rings. The number of hydrogen-bond donors (Lipinski definition) is 1. The van der Waals surface area contributed by atoms with Crippen LogP contribution in [0.15, 0.2) is 78.9 Å². The van der Waals surface area contributed by atoms with Gasteiger partial charge in [-0.05, 0) is 18.2 Å². The van der Waals surface area contributed by atoms with E-state index in [0.29, 0.717) is 0 Å². The summed E-state index contributed by atoms with van der Waals surface area (Å²) in [6.07, 6.45) is 0. The van der Waals surface area contributed by atoms with E-state index in [9.17, 15) is 0 Å². The first kappa shape index (κ1) is 12.4. The fraction of sp³-hybridized carbons (Fsp3) is 0. The Bertz CT molecular complexity index is 1150. The molecule has 0 spiro atoms. The molecule has 0 radical (unpaired) electrons. The first-order chi connectivity index (χ1) is 11.4. The number of hydrogen-bond acceptors (Lipinski definition) is 1. The standard InChI is InChI=1S/C21H14N2/c1-2-6-14(7-3-1)17-12-10-15-11-13-19-20(21(15)23-17)16-8-4-5-9-18(16)22-19/h1-13,22H. The van der Waals surface area contributed by atoms with E-state index < -0.39 is 0 Å². The predicted molar refractivity (Wildman–Crippen MR) is 96.5 cm³/mol. The SMILES string of the molecule is c1ccc(-c2ccc3ccc4[nH]c5ccccc5c4c3n2)cc1. The number of aromatic amines is 1. The third-order valence-electron chi connectivity index (χ3n) is 4.40. The molecule has 0 bridgehead atoms. The Morgan fingerprint density at radius 3 is 2.35 bits per heavy atom. The van der Waals surface area contributed by atoms with Crippen molar-refractivity contribution in [3.63, 3.8) is 0 Å². The van der Waals surface area contributed by atoms with Crippen LogP contribution in [0.5, 0.6) is 0 Å². The molecule has 0 aliphatic heterocycles. The Labute approximate surface area is 133 Å². The van der Waals surface area contributed by atoms with Crippen LogP contribution in [0.2, 0.25) is 0 Å². The molecule has 2 nitrogen and oxygen atoms in total. The molecule has 0 saturated carbocycles. The van der Waals surface area contributed by atoms with Crippen molar-refractivity contribution in [2.24, 2.45) is 0 Å². The largest absolute Gasteiger partial charge is 0.354 e. The first-order valence-corrected chi connectivity index (χ1v) is 7.76. The lowest BCUT2D eigenvalue weighted by Crippen LogP contribution is -1.86. The molecule has 108 valence electrons. The summed E-state index contributed by atoms with van der Waals surface area (Å²) in [6.45, 7) is 0. The highest BCUT2D eigenvalue weighted by molar-refractivity contribution is 6.18. The third-order valence-corrected chi connectivity index (χ3v) is 4.40. The van der Waals surface area contributed by atoms with Gasteiger partial charge in [-0.15, -0.1) is 0 Å². The Morgan fingerprint density at radius 1 is 0.652 bits per heavy atom. The van der Waals surface area contributed by atoms with Crippen molar-refractivity contribution in [1.82, 2.24) is 9.97 Å². The molecular formula is C21H14N2. The van der Waals surface area contributed by atoms with Gasteiger partial charge in [0.1, 0.15) is 0 Å². The van der Waals surface area contributed by atoms with Crippen LogP contribution in [0.4, 0.5) is 0 Å². The fourth-order valence-electron chi connectivity index (χ4n) is 3.29. The first-order valence-electron chi connectivity index (χ1n) is 7.76. The summed E-state index contributed by atoms with van der Waals surface area (Å²) >= 11 is 0. The highest BCUT2D eigenvalue weighted by atomic mass is 14.7. The molecule has 2 aromatic heterocycles. The zero-order chi connectivity index (χ0) is 15.2. The monoisotopic (exact) mass is 294 g/mol. The Balaban J connectivity index is 1.91. The molecule has 3 aromatic carbocycles. The van der Waals surface area contributed by atoms with Crippen LogP contribution in [-0.2, 0) is 0 Å². The van der Waals surface area contributed by atoms with Gasteiger partial charge in [-0.1, -0.05) is 60.7 Å². The predicted octanol–water partition coefficient (Wildman–Crippen LogP) is 5.54. The molecule has 0 unspecified atom stereocenters. The second-order valence-corrected chi connectivity index (χ2v) is 5.79. The average molecular weight is 294 g/mol. The Morgan fingerprint density at radius 2 is 1.43 bits per heavy atom. The van der Waals surface area contributed by atoms with Crippen LogP contribution >= 0.6 is 0 Å². The molecule has 5 aromatic rings. The van der Waals surface area contributed by atoms with Crippen molar-refractivity contribution in [1.29, 1.82) is 0 Å². The molecule has 2 heteroatoms. The summed E-state index contributed by atoms with van der Waals surface area (Å²) in [5.74, 6) is 0. The molecule has 0 fully saturated rings. The van der Waals surface area contributed by atoms with Gasteiger partial charge in [0.15, 0.2) is 0 Å². The molecule has 23 heavy (non-hydrogen) atoms. The van der Waals surface area contributed by atoms with Gasteiger partial charge in [-0.25, -0.2) is 4.98 Å². The minimum atomic E-state index is 1.01. The molecule has 2 heterocycles. The number of pyridine rings is 1. The summed E-state index contributed by atoms with van der Waals surface area (Å²) in [5.41, 5.74) is 5.50. The lowest BCUT2D eigenvalue weighted by Gasteiger charge is -2.05. The van der Waals surface area contributed by atoms with Gasteiger partial charge in [-0.3, -0.25) is 0 Å². The number of aromatic nitrogens is 2. The van der Waals surface area contributed by atoms with E-state index in [0.717, 1.165) is 27.8 Å². The lowest BCUT2D eigenvalue weighted by molar-refractivity contribution is 1.41. The van der Waals surface area contributed by atoms with Crippen LogP contribution in [0, 0.1) is 0 Å². The maximum absolute atomic E-state index is 4.98. The van der Waals surface area contributed by atoms with Crippen molar-refractivity contribution < 1.29 is 0 Å². The van der Waals surface area contributed by atoms with Gasteiger partial charge in [-0.2, -0.15) is 0 Å². The minimum absolute atomic E-state index is 1.01. The van der Waals surface area contributed by atoms with Crippen molar-refractivity contribution in [2.45, 2.75) is 0 Å². The zero-order valence-corrected chi connectivity index (χ0v) is 12.5. The van der Waals surface area contributed by atoms with Crippen molar-refractivity contribution in [3.05, 3.63) is 78.9 Å². The second kappa shape index (κ2) is 4.68. The minimum Gasteiger partial charge on any atom is -0.354 e. The van der Waals surface area contributed by atoms with E-state index in [1.807, 2.05) is 18.2 Å². The number of nitrogens with zero attached hydrogens (tertiary/aromatic N) is 1. The van der Waals surface area contributed by atoms with E-state index in [-0.39, 0.29) is 0 Å². The molecule has 0 amide bonds. The summed E-state index contributed by atoms with van der Waals surface area (Å²) in [6, 6.07) is 27.3. The van der Waals surface area contributed by atoms with Crippen LogP contribution in [0.1, 0.15) is 0 Å². The van der Waals surface area contributed by atoms with Crippen LogP contribution in [0.3, 0.4) is 0 Å². The molecule has 5 rings (SSSR count). The fourth-order valence-corrected chi connectivity index (χ4v) is 3.29. The van der Waals surface area contributed by atoms with Crippen LogP contribution in [0.25, 0.3) is 44.0 Å². The van der Waals surface area contributed by atoms with Crippen molar-refractivity contribution in [2.75, 3.05) is 0 Å². The van der Waals surface area contributed by atoms with Gasteiger partial charge >= 0.3 is 0 Å². The van der Waals surface area contributed by atoms with E-state index in [1.165, 1.54) is 16.2 Å². The number of rotatable bonds is 1. The highest BCUT2D eigenvalue weighted by Gasteiger charge is 2.10. The maximum atomic E-state index is 4.98. The lowest BCUT2D eigenvalue weighted by atomic mass is 10.1. The summed E-state index contributed by atoms with van der Waals surface area (Å²) < 4.78 is 0. The molecule has 1 N–H and O–H groups in total. The van der Waals surface area contributed by atoms with Gasteiger partial charge in [0, 0.05) is 32.8 Å². The topological polar surface area (TPSA) is 28.7 Å². The summed E-state index contributed by atoms with van der Waals surface area (Å²) in [4.78, 5) is 8.47. The number of nitrogens with one attached hydrogen (secondary N) is 1. The molecule has 0 aliphatic carbocycles.